The Morgan fingerprint density at radius 1 is 1.16 bits per heavy atom. The van der Waals surface area contributed by atoms with Gasteiger partial charge in [-0.25, -0.2) is 5.01 Å². The Kier molecular flexibility index (Phi) is 5.94. The second kappa shape index (κ2) is 8.81. The van der Waals surface area contributed by atoms with Crippen LogP contribution >= 0.6 is 11.6 Å². The summed E-state index contributed by atoms with van der Waals surface area (Å²) in [7, 11) is 0. The topological polar surface area (TPSA) is 103 Å². The van der Waals surface area contributed by atoms with Gasteiger partial charge in [-0.15, -0.1) is 0 Å². The van der Waals surface area contributed by atoms with Gasteiger partial charge in [-0.1, -0.05) is 41.9 Å². The van der Waals surface area contributed by atoms with Crippen molar-refractivity contribution in [1.29, 1.82) is 0 Å². The fraction of sp³-hybridized carbons (Fsp3) is 0.182. The van der Waals surface area contributed by atoms with Crippen molar-refractivity contribution in [2.45, 2.75) is 24.9 Å². The molecular weight excluding hydrogens is 420 g/mol. The maximum absolute atomic E-state index is 13.1. The van der Waals surface area contributed by atoms with E-state index in [2.05, 4.69) is 5.10 Å². The number of nitrogens with zero attached hydrogens (tertiary/aromatic N) is 3. The van der Waals surface area contributed by atoms with Crippen LogP contribution in [0.5, 0.6) is 0 Å². The summed E-state index contributed by atoms with van der Waals surface area (Å²) in [5.74, 6) is -0.233. The molecule has 0 aromatic heterocycles. The van der Waals surface area contributed by atoms with Crippen molar-refractivity contribution < 1.29 is 14.8 Å². The van der Waals surface area contributed by atoms with E-state index in [4.69, 9.17) is 11.6 Å². The molecule has 2 heterocycles. The first kappa shape index (κ1) is 20.9. The lowest BCUT2D eigenvalue weighted by atomic mass is 9.97. The fourth-order valence-electron chi connectivity index (χ4n) is 3.69. The molecule has 0 spiro atoms. The predicted molar refractivity (Wildman–Crippen MR) is 116 cm³/mol. The summed E-state index contributed by atoms with van der Waals surface area (Å²) in [6.45, 7) is 0. The number of benzene rings is 2. The zero-order chi connectivity index (χ0) is 22.0. The highest BCUT2D eigenvalue weighted by atomic mass is 35.5. The maximum atomic E-state index is 13.1. The van der Waals surface area contributed by atoms with E-state index in [0.29, 0.717) is 17.2 Å². The van der Waals surface area contributed by atoms with Gasteiger partial charge in [-0.05, 0) is 35.4 Å². The van der Waals surface area contributed by atoms with E-state index in [1.54, 1.807) is 54.6 Å². The van der Waals surface area contributed by atoms with E-state index in [9.17, 15) is 20.1 Å². The number of hydrogen-bond donors (Lipinski definition) is 1. The molecule has 2 aliphatic rings. The van der Waals surface area contributed by atoms with Crippen molar-refractivity contribution in [2.75, 3.05) is 0 Å². The minimum absolute atomic E-state index is 0.0301. The van der Waals surface area contributed by atoms with Gasteiger partial charge in [0.2, 0.25) is 5.91 Å². The van der Waals surface area contributed by atoms with Gasteiger partial charge in [-0.3, -0.25) is 14.9 Å². The van der Waals surface area contributed by atoms with Gasteiger partial charge in [0.1, 0.15) is 5.71 Å². The van der Waals surface area contributed by atoms with Crippen molar-refractivity contribution in [3.63, 3.8) is 0 Å². The van der Waals surface area contributed by atoms with E-state index in [1.807, 2.05) is 0 Å². The van der Waals surface area contributed by atoms with Crippen LogP contribution in [0.4, 0.5) is 5.69 Å². The number of hydrogen-bond acceptors (Lipinski definition) is 5. The van der Waals surface area contributed by atoms with Gasteiger partial charge in [0.15, 0.2) is 6.04 Å². The molecule has 9 heteroatoms. The molecule has 0 radical (unpaired) electrons. The predicted octanol–water partition coefficient (Wildman–Crippen LogP) is 2.96. The van der Waals surface area contributed by atoms with Crippen molar-refractivity contribution in [3.05, 3.63) is 104 Å². The highest BCUT2D eigenvalue weighted by Crippen LogP contribution is 2.33. The number of carbonyl (C=O) groups is 1. The summed E-state index contributed by atoms with van der Waals surface area (Å²) in [5.41, 5.74) is 2.07. The van der Waals surface area contributed by atoms with Gasteiger partial charge in [0.25, 0.3) is 5.69 Å². The number of halogens is 1. The first-order valence-corrected chi connectivity index (χ1v) is 10.1. The molecule has 0 saturated carbocycles. The number of nitrogens with one attached hydrogen (secondary N) is 1. The molecule has 3 atom stereocenters. The number of nitro groups is 1. The lowest BCUT2D eigenvalue weighted by Gasteiger charge is -2.27. The first-order valence-electron chi connectivity index (χ1n) is 9.69. The highest BCUT2D eigenvalue weighted by Gasteiger charge is 2.37. The molecule has 0 saturated heterocycles. The third-order valence-corrected chi connectivity index (χ3v) is 5.54. The fourth-order valence-corrected chi connectivity index (χ4v) is 3.81. The van der Waals surface area contributed by atoms with Crippen LogP contribution in [0.1, 0.15) is 23.6 Å². The third kappa shape index (κ3) is 4.56. The zero-order valence-electron chi connectivity index (χ0n) is 16.3. The molecule has 2 aromatic rings. The highest BCUT2D eigenvalue weighted by molar-refractivity contribution is 6.30. The average molecular weight is 439 g/mol. The first-order chi connectivity index (χ1) is 14.9. The molecule has 8 nitrogen and oxygen atoms in total. The van der Waals surface area contributed by atoms with Crippen molar-refractivity contribution >= 4 is 28.9 Å². The second-order valence-electron chi connectivity index (χ2n) is 7.33. The number of quaternary nitrogens is 1. The number of rotatable bonds is 5. The summed E-state index contributed by atoms with van der Waals surface area (Å²) in [4.78, 5) is 23.6. The number of amides is 1. The van der Waals surface area contributed by atoms with Gasteiger partial charge >= 0.3 is 0 Å². The standard InChI is InChI=1S/C22H19ClN4O4/c23-17-8-4-15(5-9-17)13-22(28)26-21(16-6-10-18(11-7-16)27(30)31)14-19(24-26)20-3-1-2-12-25(20)29/h1-12,20-21,25H,13-14H2. The number of allylic oxidation sites excluding steroid dienone is 2. The number of non-ortho nitro benzene ring substituents is 1. The average Bonchev–Trinajstić information content (AvgIpc) is 3.21. The molecule has 0 fully saturated rings. The quantitative estimate of drug-likeness (QED) is 0.440. The largest absolute Gasteiger partial charge is 0.629 e. The summed E-state index contributed by atoms with van der Waals surface area (Å²) in [6, 6.07) is 12.1. The molecular formula is C22H19ClN4O4. The molecule has 1 N–H and O–H groups in total. The summed E-state index contributed by atoms with van der Waals surface area (Å²) < 4.78 is 0. The van der Waals surface area contributed by atoms with Gasteiger partial charge in [-0.2, -0.15) is 5.10 Å². The van der Waals surface area contributed by atoms with Gasteiger partial charge < -0.3 is 10.3 Å². The number of hydrazone groups is 1. The summed E-state index contributed by atoms with van der Waals surface area (Å²) in [5, 5.41) is 29.7. The zero-order valence-corrected chi connectivity index (χ0v) is 17.1. The SMILES string of the molecule is O=C(Cc1ccc(Cl)cc1)N1N=C(C2C=CC=C[NH+]2[O-])CC1c1ccc([N+](=O)[O-])cc1. The van der Waals surface area contributed by atoms with Crippen molar-refractivity contribution in [1.82, 2.24) is 5.01 Å². The number of hydroxylamine groups is 2. The Morgan fingerprint density at radius 2 is 1.87 bits per heavy atom. The Bertz CT molecular complexity index is 1080. The molecule has 4 rings (SSSR count). The van der Waals surface area contributed by atoms with E-state index < -0.39 is 17.0 Å². The maximum Gasteiger partial charge on any atom is 0.269 e. The molecule has 0 aliphatic carbocycles. The molecule has 2 aromatic carbocycles. The Balaban J connectivity index is 1.62. The number of nitro benzene ring substituents is 1. The van der Waals surface area contributed by atoms with Gasteiger partial charge in [0.05, 0.1) is 23.6 Å². The van der Waals surface area contributed by atoms with E-state index >= 15 is 0 Å². The molecule has 1 amide bonds. The van der Waals surface area contributed by atoms with Crippen LogP contribution in [0.25, 0.3) is 0 Å². The van der Waals surface area contributed by atoms with Crippen molar-refractivity contribution in [3.8, 4) is 0 Å². The van der Waals surface area contributed by atoms with E-state index in [-0.39, 0.29) is 23.1 Å². The minimum Gasteiger partial charge on any atom is -0.629 e. The lowest BCUT2D eigenvalue weighted by Crippen LogP contribution is -3.08. The van der Waals surface area contributed by atoms with Gasteiger partial charge in [0, 0.05) is 23.6 Å². The van der Waals surface area contributed by atoms with Crippen LogP contribution in [0.3, 0.4) is 0 Å². The normalized spacial score (nSPS) is 22.5. The van der Waals surface area contributed by atoms with Crippen LogP contribution in [0, 0.1) is 15.3 Å². The van der Waals surface area contributed by atoms with Crippen LogP contribution in [-0.2, 0) is 11.2 Å². The molecule has 3 unspecified atom stereocenters. The van der Waals surface area contributed by atoms with E-state index in [1.165, 1.54) is 23.3 Å². The minimum atomic E-state index is -0.515. The molecule has 2 aliphatic heterocycles. The monoisotopic (exact) mass is 438 g/mol. The van der Waals surface area contributed by atoms with Crippen LogP contribution in [0.15, 0.2) is 78.1 Å². The third-order valence-electron chi connectivity index (χ3n) is 5.29. The van der Waals surface area contributed by atoms with E-state index in [0.717, 1.165) is 11.1 Å². The lowest BCUT2D eigenvalue weighted by molar-refractivity contribution is -0.801. The van der Waals surface area contributed by atoms with Crippen LogP contribution in [-0.4, -0.2) is 27.6 Å². The van der Waals surface area contributed by atoms with Crippen LogP contribution < -0.4 is 5.06 Å². The molecule has 0 bridgehead atoms. The summed E-state index contributed by atoms with van der Waals surface area (Å²) >= 11 is 5.92. The Morgan fingerprint density at radius 3 is 2.52 bits per heavy atom. The van der Waals surface area contributed by atoms with Crippen molar-refractivity contribution in [2.24, 2.45) is 5.10 Å². The second-order valence-corrected chi connectivity index (χ2v) is 7.76. The molecule has 31 heavy (non-hydrogen) atoms. The smallest absolute Gasteiger partial charge is 0.269 e. The number of carbonyl (C=O) groups excluding carboxylic acids is 1. The van der Waals surface area contributed by atoms with Crippen LogP contribution in [0.2, 0.25) is 5.02 Å². The summed E-state index contributed by atoms with van der Waals surface area (Å²) in [6.07, 6.45) is 7.21. The molecule has 158 valence electrons. The Hall–Kier alpha value is -3.33. The Labute approximate surface area is 183 Å².